The second kappa shape index (κ2) is 5.10. The van der Waals surface area contributed by atoms with Crippen LogP contribution in [-0.4, -0.2) is 21.6 Å². The number of rotatable bonds is 4. The van der Waals surface area contributed by atoms with Crippen molar-refractivity contribution in [3.8, 4) is 17.1 Å². The Bertz CT molecular complexity index is 657. The van der Waals surface area contributed by atoms with Gasteiger partial charge in [-0.15, -0.1) is 0 Å². The molecule has 2 aromatic heterocycles. The van der Waals surface area contributed by atoms with Crippen molar-refractivity contribution < 1.29 is 4.74 Å². The lowest BCUT2D eigenvalue weighted by Gasteiger charge is -2.08. The lowest BCUT2D eigenvalue weighted by Crippen LogP contribution is -1.97. The topological polar surface area (TPSA) is 50.8 Å². The molecule has 0 unspecified atom stereocenters. The lowest BCUT2D eigenvalue weighted by atomic mass is 10.2. The minimum Gasteiger partial charge on any atom is -0.493 e. The number of nitrogens with one attached hydrogen (secondary N) is 1. The fourth-order valence-corrected chi connectivity index (χ4v) is 1.98. The van der Waals surface area contributed by atoms with E-state index in [0.717, 1.165) is 34.6 Å². The number of benzene rings is 1. The van der Waals surface area contributed by atoms with E-state index < -0.39 is 0 Å². The van der Waals surface area contributed by atoms with Crippen LogP contribution >= 0.6 is 0 Å². The number of hydrogen-bond donors (Lipinski definition) is 1. The highest BCUT2D eigenvalue weighted by atomic mass is 16.5. The largest absolute Gasteiger partial charge is 0.493 e. The monoisotopic (exact) mass is 253 g/mol. The number of imidazole rings is 1. The van der Waals surface area contributed by atoms with Crippen molar-refractivity contribution >= 4 is 11.0 Å². The molecule has 0 aliphatic rings. The SMILES string of the molecule is CCCOc1ccccc1-c1nc2ccncc2[nH]1. The average molecular weight is 253 g/mol. The first-order chi connectivity index (χ1) is 9.38. The van der Waals surface area contributed by atoms with Crippen LogP contribution in [0, 0.1) is 0 Å². The van der Waals surface area contributed by atoms with Crippen LogP contribution in [-0.2, 0) is 0 Å². The van der Waals surface area contributed by atoms with Gasteiger partial charge < -0.3 is 9.72 Å². The first-order valence-electron chi connectivity index (χ1n) is 6.40. The zero-order chi connectivity index (χ0) is 13.1. The molecule has 3 aromatic rings. The highest BCUT2D eigenvalue weighted by Crippen LogP contribution is 2.29. The Morgan fingerprint density at radius 2 is 2.11 bits per heavy atom. The van der Waals surface area contributed by atoms with Crippen LogP contribution in [0.4, 0.5) is 0 Å². The summed E-state index contributed by atoms with van der Waals surface area (Å²) < 4.78 is 5.76. The highest BCUT2D eigenvalue weighted by Gasteiger charge is 2.10. The molecular formula is C15H15N3O. The van der Waals surface area contributed by atoms with Gasteiger partial charge in [0.1, 0.15) is 11.6 Å². The van der Waals surface area contributed by atoms with Crippen molar-refractivity contribution in [1.29, 1.82) is 0 Å². The summed E-state index contributed by atoms with van der Waals surface area (Å²) in [5.74, 6) is 1.67. The molecule has 0 saturated heterocycles. The molecule has 0 aliphatic carbocycles. The van der Waals surface area contributed by atoms with Crippen LogP contribution in [0.3, 0.4) is 0 Å². The van der Waals surface area contributed by atoms with Crippen LogP contribution in [0.25, 0.3) is 22.4 Å². The van der Waals surface area contributed by atoms with Crippen LogP contribution in [0.1, 0.15) is 13.3 Å². The van der Waals surface area contributed by atoms with Gasteiger partial charge in [0.25, 0.3) is 0 Å². The Labute approximate surface area is 111 Å². The third-order valence-corrected chi connectivity index (χ3v) is 2.89. The Morgan fingerprint density at radius 3 is 2.95 bits per heavy atom. The van der Waals surface area contributed by atoms with Gasteiger partial charge in [-0.25, -0.2) is 4.98 Å². The Balaban J connectivity index is 2.05. The summed E-state index contributed by atoms with van der Waals surface area (Å²) in [5.41, 5.74) is 2.82. The van der Waals surface area contributed by atoms with Crippen molar-refractivity contribution in [1.82, 2.24) is 15.0 Å². The maximum absolute atomic E-state index is 5.76. The second-order valence-corrected chi connectivity index (χ2v) is 4.32. The maximum atomic E-state index is 5.76. The average Bonchev–Trinajstić information content (AvgIpc) is 2.89. The van der Waals surface area contributed by atoms with E-state index in [9.17, 15) is 0 Å². The van der Waals surface area contributed by atoms with E-state index in [0.29, 0.717) is 6.61 Å². The lowest BCUT2D eigenvalue weighted by molar-refractivity contribution is 0.318. The molecule has 0 spiro atoms. The highest BCUT2D eigenvalue weighted by molar-refractivity contribution is 5.79. The van der Waals surface area contributed by atoms with Crippen molar-refractivity contribution in [2.75, 3.05) is 6.61 Å². The number of fused-ring (bicyclic) bond motifs is 1. The normalized spacial score (nSPS) is 10.8. The molecule has 2 heterocycles. The minimum atomic E-state index is 0.707. The van der Waals surface area contributed by atoms with E-state index in [1.165, 1.54) is 0 Å². The molecule has 1 aromatic carbocycles. The molecule has 96 valence electrons. The van der Waals surface area contributed by atoms with Gasteiger partial charge in [0.15, 0.2) is 0 Å². The first-order valence-corrected chi connectivity index (χ1v) is 6.40. The van der Waals surface area contributed by atoms with E-state index in [1.807, 2.05) is 30.3 Å². The molecule has 0 amide bonds. The Morgan fingerprint density at radius 1 is 1.21 bits per heavy atom. The summed E-state index contributed by atoms with van der Waals surface area (Å²) in [6, 6.07) is 9.83. The van der Waals surface area contributed by atoms with Gasteiger partial charge in [0.2, 0.25) is 0 Å². The van der Waals surface area contributed by atoms with E-state index in [4.69, 9.17) is 4.74 Å². The molecular weight excluding hydrogens is 238 g/mol. The number of hydrogen-bond acceptors (Lipinski definition) is 3. The van der Waals surface area contributed by atoms with Crippen molar-refractivity contribution in [3.05, 3.63) is 42.7 Å². The molecule has 0 atom stereocenters. The predicted octanol–water partition coefficient (Wildman–Crippen LogP) is 3.41. The summed E-state index contributed by atoms with van der Waals surface area (Å²) in [5, 5.41) is 0. The first kappa shape index (κ1) is 11.7. The number of H-pyrrole nitrogens is 1. The zero-order valence-electron chi connectivity index (χ0n) is 10.8. The molecule has 1 N–H and O–H groups in total. The van der Waals surface area contributed by atoms with E-state index >= 15 is 0 Å². The quantitative estimate of drug-likeness (QED) is 0.775. The van der Waals surface area contributed by atoms with Gasteiger partial charge in [-0.05, 0) is 24.6 Å². The zero-order valence-corrected chi connectivity index (χ0v) is 10.8. The molecule has 3 rings (SSSR count). The van der Waals surface area contributed by atoms with Crippen molar-refractivity contribution in [2.45, 2.75) is 13.3 Å². The number of aromatic nitrogens is 3. The molecule has 0 saturated carbocycles. The number of pyridine rings is 1. The molecule has 4 heteroatoms. The van der Waals surface area contributed by atoms with Crippen LogP contribution < -0.4 is 4.74 Å². The number of nitrogens with zero attached hydrogens (tertiary/aromatic N) is 2. The van der Waals surface area contributed by atoms with Crippen molar-refractivity contribution in [2.24, 2.45) is 0 Å². The van der Waals surface area contributed by atoms with Gasteiger partial charge in [-0.3, -0.25) is 4.98 Å². The number of aromatic amines is 1. The Kier molecular flexibility index (Phi) is 3.14. The van der Waals surface area contributed by atoms with E-state index in [2.05, 4.69) is 21.9 Å². The second-order valence-electron chi connectivity index (χ2n) is 4.32. The molecule has 0 fully saturated rings. The summed E-state index contributed by atoms with van der Waals surface area (Å²) >= 11 is 0. The fraction of sp³-hybridized carbons (Fsp3) is 0.200. The van der Waals surface area contributed by atoms with Crippen LogP contribution in [0.2, 0.25) is 0 Å². The summed E-state index contributed by atoms with van der Waals surface area (Å²) in [6.07, 6.45) is 4.51. The summed E-state index contributed by atoms with van der Waals surface area (Å²) in [6.45, 7) is 2.80. The van der Waals surface area contributed by atoms with Gasteiger partial charge in [0, 0.05) is 6.20 Å². The van der Waals surface area contributed by atoms with Gasteiger partial charge in [-0.2, -0.15) is 0 Å². The third-order valence-electron chi connectivity index (χ3n) is 2.89. The molecule has 0 radical (unpaired) electrons. The molecule has 0 aliphatic heterocycles. The summed E-state index contributed by atoms with van der Waals surface area (Å²) in [4.78, 5) is 11.9. The maximum Gasteiger partial charge on any atom is 0.142 e. The number of ether oxygens (including phenoxy) is 1. The smallest absolute Gasteiger partial charge is 0.142 e. The third kappa shape index (κ3) is 2.29. The van der Waals surface area contributed by atoms with E-state index in [1.54, 1.807) is 12.4 Å². The number of para-hydroxylation sites is 1. The van der Waals surface area contributed by atoms with E-state index in [-0.39, 0.29) is 0 Å². The van der Waals surface area contributed by atoms with Crippen molar-refractivity contribution in [3.63, 3.8) is 0 Å². The van der Waals surface area contributed by atoms with Crippen LogP contribution in [0.15, 0.2) is 42.7 Å². The van der Waals surface area contributed by atoms with Gasteiger partial charge >= 0.3 is 0 Å². The Hall–Kier alpha value is -2.36. The van der Waals surface area contributed by atoms with Gasteiger partial charge in [-0.1, -0.05) is 19.1 Å². The summed E-state index contributed by atoms with van der Waals surface area (Å²) in [7, 11) is 0. The van der Waals surface area contributed by atoms with Crippen LogP contribution in [0.5, 0.6) is 5.75 Å². The molecule has 4 nitrogen and oxygen atoms in total. The fourth-order valence-electron chi connectivity index (χ4n) is 1.98. The predicted molar refractivity (Wildman–Crippen MR) is 75.1 cm³/mol. The van der Waals surface area contributed by atoms with Gasteiger partial charge in [0.05, 0.1) is 29.4 Å². The minimum absolute atomic E-state index is 0.707. The molecule has 0 bridgehead atoms. The standard InChI is InChI=1S/C15H15N3O/c1-2-9-19-14-6-4-3-5-11(14)15-17-12-7-8-16-10-13(12)18-15/h3-8,10H,2,9H2,1H3,(H,17,18). The molecule has 19 heavy (non-hydrogen) atoms.